The van der Waals surface area contributed by atoms with Gasteiger partial charge in [-0.25, -0.2) is 51.1 Å². The number of aromatic nitrogens is 3. The number of ether oxygens (including phenoxy) is 6. The van der Waals surface area contributed by atoms with Crippen LogP contribution < -0.4 is 38.8 Å². The molecule has 0 fully saturated rings. The van der Waals surface area contributed by atoms with Gasteiger partial charge < -0.3 is 80.5 Å². The lowest BCUT2D eigenvalue weighted by Crippen LogP contribution is -2.33. The van der Waals surface area contributed by atoms with Crippen LogP contribution in [0.25, 0.3) is 66.1 Å². The molecule has 11 N–H and O–H groups in total. The molecule has 0 bridgehead atoms. The molecule has 11 aromatic rings. The number of fused-ring (bicyclic) bond motifs is 3. The minimum absolute atomic E-state index is 0.00505. The molecule has 29 nitrogen and oxygen atoms in total. The maximum Gasteiger partial charge on any atom is 0.490 e. The van der Waals surface area contributed by atoms with Crippen molar-refractivity contribution in [2.75, 3.05) is 53.3 Å². The summed E-state index contributed by atoms with van der Waals surface area (Å²) in [5.41, 5.74) is 12.3. The highest BCUT2D eigenvalue weighted by atomic mass is 19.4. The van der Waals surface area contributed by atoms with E-state index in [9.17, 15) is 98.2 Å². The highest BCUT2D eigenvalue weighted by Crippen LogP contribution is 2.34. The maximum absolute atomic E-state index is 13.9. The number of aromatic amines is 3. The fraction of sp³-hybridized carbons (Fsp3) is 0.204. The average Bonchev–Trinajstić information content (AvgIpc) is 0.770. The smallest absolute Gasteiger partial charge is 0.477 e. The topological polar surface area (TPSA) is 458 Å². The number of hydrogen-bond donors (Lipinski definition) is 9. The highest BCUT2D eigenvalue weighted by molar-refractivity contribution is 6.13. The number of aliphatic carboxylic acids is 1. The van der Waals surface area contributed by atoms with E-state index < -0.39 is 99.2 Å². The van der Waals surface area contributed by atoms with Crippen LogP contribution in [-0.4, -0.2) is 156 Å². The summed E-state index contributed by atoms with van der Waals surface area (Å²) in [7, 11) is 3.87. The van der Waals surface area contributed by atoms with Crippen LogP contribution in [0.1, 0.15) is 108 Å². The summed E-state index contributed by atoms with van der Waals surface area (Å²) in [4.78, 5) is 166. The van der Waals surface area contributed by atoms with Gasteiger partial charge in [0.1, 0.15) is 57.4 Å². The zero-order valence-corrected chi connectivity index (χ0v) is 71.1. The number of anilines is 1. The molecule has 129 heavy (non-hydrogen) atoms. The van der Waals surface area contributed by atoms with Crippen LogP contribution in [0.5, 0.6) is 0 Å². The molecule has 0 unspecified atom stereocenters. The van der Waals surface area contributed by atoms with Gasteiger partial charge in [0.25, 0.3) is 22.6 Å². The second-order valence-corrected chi connectivity index (χ2v) is 27.9. The first kappa shape index (κ1) is 106. The molecular formula is C93H92F7N7O22. The number of carboxylic acid groups (broad SMARTS) is 2. The van der Waals surface area contributed by atoms with Gasteiger partial charge in [-0.05, 0) is 144 Å². The monoisotopic (exact) mass is 1790 g/mol. The molecular weight excluding hydrogens is 1700 g/mol. The molecule has 0 atom stereocenters. The number of nitrogen functional groups attached to an aromatic ring is 1. The van der Waals surface area contributed by atoms with E-state index >= 15 is 0 Å². The van der Waals surface area contributed by atoms with Crippen molar-refractivity contribution in [1.29, 1.82) is 0 Å². The number of pyridine rings is 3. The van der Waals surface area contributed by atoms with Crippen molar-refractivity contribution < 1.29 is 122 Å². The van der Waals surface area contributed by atoms with E-state index in [2.05, 4.69) is 39.8 Å². The van der Waals surface area contributed by atoms with Crippen LogP contribution in [0.15, 0.2) is 245 Å². The minimum atomic E-state index is -5.08. The van der Waals surface area contributed by atoms with Crippen molar-refractivity contribution in [1.82, 2.24) is 25.6 Å². The number of methoxy groups -OCH3 is 3. The molecule has 3 aromatic heterocycles. The van der Waals surface area contributed by atoms with Gasteiger partial charge in [0.15, 0.2) is 5.78 Å². The summed E-state index contributed by atoms with van der Waals surface area (Å²) in [5, 5.41) is 22.5. The molecule has 2 amide bonds. The average molecular weight is 1790 g/mol. The van der Waals surface area contributed by atoms with E-state index in [1.54, 1.807) is 143 Å². The summed E-state index contributed by atoms with van der Waals surface area (Å²) in [6.07, 6.45) is 3.98. The predicted molar refractivity (Wildman–Crippen MR) is 467 cm³/mol. The van der Waals surface area contributed by atoms with Crippen molar-refractivity contribution in [3.8, 4) is 33.4 Å². The zero-order chi connectivity index (χ0) is 96.3. The second-order valence-electron chi connectivity index (χ2n) is 27.9. The number of aromatic carboxylic acids is 1. The Kier molecular flexibility index (Phi) is 42.7. The van der Waals surface area contributed by atoms with E-state index in [1.165, 1.54) is 118 Å². The van der Waals surface area contributed by atoms with Gasteiger partial charge in [-0.3, -0.25) is 28.8 Å². The van der Waals surface area contributed by atoms with Crippen LogP contribution in [-0.2, 0) is 57.2 Å². The number of esters is 5. The fourth-order valence-corrected chi connectivity index (χ4v) is 10.8. The van der Waals surface area contributed by atoms with Crippen molar-refractivity contribution in [2.24, 2.45) is 5.73 Å². The second kappa shape index (κ2) is 52.1. The van der Waals surface area contributed by atoms with Crippen LogP contribution in [0, 0.1) is 23.3 Å². The fourth-order valence-electron chi connectivity index (χ4n) is 10.8. The Labute approximate surface area is 732 Å². The van der Waals surface area contributed by atoms with Gasteiger partial charge in [-0.15, -0.1) is 0 Å². The summed E-state index contributed by atoms with van der Waals surface area (Å²) in [6, 6.07) is 50.7. The lowest BCUT2D eigenvalue weighted by molar-refractivity contribution is -0.192. The van der Waals surface area contributed by atoms with Gasteiger partial charge in [-0.2, -0.15) is 13.2 Å². The van der Waals surface area contributed by atoms with Crippen LogP contribution >= 0.6 is 0 Å². The standard InChI is InChI=1S/C21H17FN2O4.C18H14FNO3.C16H10FNO3.C13H10FNO.C11H18O4.C7H13NO3.C5H9NO2.C2HF3O2/c1-28-17(25)8-5-11-23-20(26)19-18(13-6-3-2-4-7-13)15-12-14(22)9-10-16(15)24-21(19)27;1-2-23-18(22)16-15(11-6-4-3-5-7-11)13-10-12(19)8-9-14(13)20-17(16)21;17-10-6-7-12-11(8-10)13(9-4-2-1-3-5-9)14(16(20)21)15(19)18-12;14-10-6-7-12(15)11(8-10)13(16)9-4-2-1-3-5-9;1-11(2,3)15-10(13)8-6-5-7-9(12)14-4;1-7(2,3)11-6(10)8-4-5-9;1-8-5(7)3-2-4-6;3-2(4,5)1(6)7/h2-10,12H,11H2,1H3,(H,23,26)(H,24,27);3-10H,2H2,1H3,(H,20,21);1-8H,(H,18,19)(H,20,21);1-8H,15H2;5,7H,6,8H2,1-4H3;5H,4H2,1-3H3,(H,8,10);2-3H,4,6H2,1H3;(H,6,7)/b8-5+;;;;7-5+;;3-2+;. The molecule has 8 aromatic carbocycles. The minimum Gasteiger partial charge on any atom is -0.477 e. The number of alkyl halides is 3. The third-order valence-corrected chi connectivity index (χ3v) is 16.1. The van der Waals surface area contributed by atoms with Crippen molar-refractivity contribution >= 4 is 104 Å². The molecule has 0 aliphatic rings. The molecule has 11 rings (SSSR count). The van der Waals surface area contributed by atoms with E-state index in [-0.39, 0.29) is 77.3 Å². The number of amides is 2. The quantitative estimate of drug-likeness (QED) is 0.00651. The Bertz CT molecular complexity index is 6010. The SMILES string of the molecule is CC(C)(C)OC(=O)NCC=O.CCOC(=O)c1c(-c2ccccc2)c2cc(F)ccc2[nH]c1=O.COC(=O)/C=C/CCC(=O)OC(C)(C)C.COC(=O)/C=C/CN.COC(=O)/C=C/CNC(=O)c1c(-c2ccccc2)c2cc(F)ccc2[nH]c1=O.Nc1ccc(F)cc1C(=O)c1ccccc1.O=C(O)C(F)(F)F.O=C(O)c1c(-c2ccccc2)c2cc(F)ccc2[nH]c1=O. The highest BCUT2D eigenvalue weighted by Gasteiger charge is 2.38. The van der Waals surface area contributed by atoms with Gasteiger partial charge in [-0.1, -0.05) is 140 Å². The lowest BCUT2D eigenvalue weighted by atomic mass is 9.95. The normalized spacial score (nSPS) is 10.7. The number of aldehydes is 1. The number of benzene rings is 8. The Hall–Kier alpha value is -15.8. The number of alkyl carbamates (subject to hydrolysis) is 1. The number of hydrogen-bond acceptors (Lipinski definition) is 22. The van der Waals surface area contributed by atoms with Crippen LogP contribution in [0.4, 0.5) is 41.2 Å². The van der Waals surface area contributed by atoms with Gasteiger partial charge >= 0.3 is 54.1 Å². The molecule has 680 valence electrons. The number of ketones is 1. The molecule has 0 spiro atoms. The van der Waals surface area contributed by atoms with Gasteiger partial charge in [0.2, 0.25) is 0 Å². The summed E-state index contributed by atoms with van der Waals surface area (Å²) < 4.78 is 114. The van der Waals surface area contributed by atoms with Crippen molar-refractivity contribution in [2.45, 2.75) is 78.7 Å². The molecule has 0 saturated carbocycles. The number of rotatable bonds is 20. The van der Waals surface area contributed by atoms with Crippen LogP contribution in [0.2, 0.25) is 0 Å². The molecule has 0 radical (unpaired) electrons. The number of halogens is 7. The first-order valence-electron chi connectivity index (χ1n) is 38.4. The molecule has 36 heteroatoms. The summed E-state index contributed by atoms with van der Waals surface area (Å²) in [5.74, 6) is -9.23. The Morgan fingerprint density at radius 3 is 1.23 bits per heavy atom. The van der Waals surface area contributed by atoms with E-state index in [0.29, 0.717) is 85.3 Å². The third kappa shape index (κ3) is 35.8. The summed E-state index contributed by atoms with van der Waals surface area (Å²) in [6.45, 7) is 12.9. The number of carbonyl (C=O) groups excluding carboxylic acids is 9. The number of allylic oxidation sites excluding steroid dienone is 1. The number of H-pyrrole nitrogens is 3. The summed E-state index contributed by atoms with van der Waals surface area (Å²) >= 11 is 0. The third-order valence-electron chi connectivity index (χ3n) is 16.1. The number of carbonyl (C=O) groups is 11. The molecule has 0 aliphatic heterocycles. The van der Waals surface area contributed by atoms with Gasteiger partial charge in [0.05, 0.1) is 34.5 Å². The van der Waals surface area contributed by atoms with E-state index in [4.69, 9.17) is 35.6 Å². The number of nitrogens with one attached hydrogen (secondary N) is 5. The first-order valence-corrected chi connectivity index (χ1v) is 38.4. The largest absolute Gasteiger partial charge is 0.490 e. The molecule has 0 aliphatic carbocycles. The van der Waals surface area contributed by atoms with Crippen molar-refractivity contribution in [3.63, 3.8) is 0 Å². The van der Waals surface area contributed by atoms with E-state index in [0.717, 1.165) is 6.07 Å². The zero-order valence-electron chi connectivity index (χ0n) is 71.1. The van der Waals surface area contributed by atoms with Gasteiger partial charge in [0, 0.05) is 104 Å². The Morgan fingerprint density at radius 1 is 0.473 bits per heavy atom. The Balaban J connectivity index is 0.000000320. The number of carboxylic acids is 2. The Morgan fingerprint density at radius 2 is 0.845 bits per heavy atom. The first-order chi connectivity index (χ1) is 60.9. The van der Waals surface area contributed by atoms with Crippen molar-refractivity contribution in [3.05, 3.63) is 313 Å². The lowest BCUT2D eigenvalue weighted by Gasteiger charge is -2.19. The number of nitrogens with two attached hydrogens (primary N) is 2. The van der Waals surface area contributed by atoms with Crippen LogP contribution in [0.3, 0.4) is 0 Å². The molecule has 0 saturated heterocycles. The predicted octanol–water partition coefficient (Wildman–Crippen LogP) is 14.8. The molecule has 3 heterocycles. The maximum atomic E-state index is 13.9. The van der Waals surface area contributed by atoms with E-state index in [1.807, 2.05) is 32.9 Å².